The third-order valence-corrected chi connectivity index (χ3v) is 3.46. The van der Waals surface area contributed by atoms with Gasteiger partial charge in [-0.25, -0.2) is 4.98 Å². The van der Waals surface area contributed by atoms with Crippen LogP contribution in [0, 0.1) is 0 Å². The van der Waals surface area contributed by atoms with Crippen molar-refractivity contribution in [2.45, 2.75) is 25.9 Å². The van der Waals surface area contributed by atoms with E-state index < -0.39 is 0 Å². The molecule has 0 amide bonds. The number of aryl methyl sites for hydroxylation is 1. The lowest BCUT2D eigenvalue weighted by Gasteiger charge is -2.14. The van der Waals surface area contributed by atoms with E-state index in [0.717, 1.165) is 17.9 Å². The summed E-state index contributed by atoms with van der Waals surface area (Å²) in [5.74, 6) is 0.878. The van der Waals surface area contributed by atoms with Crippen molar-refractivity contribution in [3.05, 3.63) is 52.0 Å². The largest absolute Gasteiger partial charge is 0.334 e. The Bertz CT molecular complexity index is 537. The normalized spacial score (nSPS) is 12.7. The van der Waals surface area contributed by atoms with Crippen LogP contribution in [0.1, 0.15) is 24.4 Å². The molecule has 0 spiro atoms. The molecule has 1 unspecified atom stereocenters. The average molecular weight is 284 g/mol. The number of nitrogens with zero attached hydrogens (tertiary/aromatic N) is 2. The fourth-order valence-corrected chi connectivity index (χ4v) is 2.42. The van der Waals surface area contributed by atoms with E-state index in [0.29, 0.717) is 16.5 Å². The maximum atomic E-state index is 6.18. The van der Waals surface area contributed by atoms with Crippen molar-refractivity contribution in [3.63, 3.8) is 0 Å². The molecular weight excluding hydrogens is 269 g/mol. The molecule has 1 aromatic carbocycles. The van der Waals surface area contributed by atoms with Crippen molar-refractivity contribution < 1.29 is 0 Å². The van der Waals surface area contributed by atoms with Gasteiger partial charge in [0.2, 0.25) is 0 Å². The van der Waals surface area contributed by atoms with Crippen molar-refractivity contribution in [3.8, 4) is 0 Å². The van der Waals surface area contributed by atoms with Crippen LogP contribution in [0.5, 0.6) is 0 Å². The minimum absolute atomic E-state index is 0.168. The molecule has 0 aliphatic carbocycles. The van der Waals surface area contributed by atoms with Crippen molar-refractivity contribution in [2.24, 2.45) is 5.73 Å². The van der Waals surface area contributed by atoms with Crippen molar-refractivity contribution in [1.82, 2.24) is 9.55 Å². The predicted molar refractivity (Wildman–Crippen MR) is 75.0 cm³/mol. The highest BCUT2D eigenvalue weighted by Crippen LogP contribution is 2.24. The number of benzene rings is 1. The van der Waals surface area contributed by atoms with Gasteiger partial charge in [0.05, 0.1) is 6.04 Å². The van der Waals surface area contributed by atoms with Crippen LogP contribution in [-0.2, 0) is 13.0 Å². The molecule has 1 aromatic heterocycles. The van der Waals surface area contributed by atoms with Gasteiger partial charge < -0.3 is 10.3 Å². The first-order valence-electron chi connectivity index (χ1n) is 5.82. The standard InChI is InChI=1S/C13H15Cl2N3/c1-2-18-6-5-17-13(18)12(16)7-9-3-4-10(14)8-11(9)15/h3-6,8,12H,2,7,16H2,1H3. The van der Waals surface area contributed by atoms with Gasteiger partial charge in [0, 0.05) is 29.0 Å². The molecule has 0 bridgehead atoms. The summed E-state index contributed by atoms with van der Waals surface area (Å²) in [7, 11) is 0. The molecule has 5 heteroatoms. The molecule has 2 aromatic rings. The van der Waals surface area contributed by atoms with E-state index in [1.807, 2.05) is 22.9 Å². The van der Waals surface area contributed by atoms with Gasteiger partial charge in [0.1, 0.15) is 5.82 Å². The Morgan fingerprint density at radius 2 is 2.17 bits per heavy atom. The van der Waals surface area contributed by atoms with E-state index in [4.69, 9.17) is 28.9 Å². The summed E-state index contributed by atoms with van der Waals surface area (Å²) in [5.41, 5.74) is 7.17. The first-order valence-corrected chi connectivity index (χ1v) is 6.58. The number of hydrogen-bond acceptors (Lipinski definition) is 2. The minimum atomic E-state index is -0.168. The lowest BCUT2D eigenvalue weighted by molar-refractivity contribution is 0.600. The summed E-state index contributed by atoms with van der Waals surface area (Å²) in [4.78, 5) is 4.30. The molecule has 0 fully saturated rings. The summed E-state index contributed by atoms with van der Waals surface area (Å²) >= 11 is 12.0. The monoisotopic (exact) mass is 283 g/mol. The van der Waals surface area contributed by atoms with Gasteiger partial charge in [-0.3, -0.25) is 0 Å². The third kappa shape index (κ3) is 2.86. The van der Waals surface area contributed by atoms with E-state index in [2.05, 4.69) is 11.9 Å². The number of aromatic nitrogens is 2. The second-order valence-corrected chi connectivity index (χ2v) is 4.96. The second-order valence-electron chi connectivity index (χ2n) is 4.12. The van der Waals surface area contributed by atoms with E-state index in [1.165, 1.54) is 0 Å². The molecular formula is C13H15Cl2N3. The first-order chi connectivity index (χ1) is 8.61. The molecule has 0 aliphatic rings. The van der Waals surface area contributed by atoms with Crippen LogP contribution >= 0.6 is 23.2 Å². The SMILES string of the molecule is CCn1ccnc1C(N)Cc1ccc(Cl)cc1Cl. The highest BCUT2D eigenvalue weighted by molar-refractivity contribution is 6.35. The maximum absolute atomic E-state index is 6.18. The van der Waals surface area contributed by atoms with E-state index in [-0.39, 0.29) is 6.04 Å². The highest BCUT2D eigenvalue weighted by Gasteiger charge is 2.14. The Kier molecular flexibility index (Phi) is 4.27. The number of hydrogen-bond donors (Lipinski definition) is 1. The zero-order valence-corrected chi connectivity index (χ0v) is 11.6. The van der Waals surface area contributed by atoms with Crippen LogP contribution in [-0.4, -0.2) is 9.55 Å². The summed E-state index contributed by atoms with van der Waals surface area (Å²) in [6.45, 7) is 2.92. The van der Waals surface area contributed by atoms with Gasteiger partial charge in [-0.1, -0.05) is 29.3 Å². The van der Waals surface area contributed by atoms with Crippen LogP contribution in [0.15, 0.2) is 30.6 Å². The smallest absolute Gasteiger partial charge is 0.125 e. The van der Waals surface area contributed by atoms with Gasteiger partial charge in [-0.2, -0.15) is 0 Å². The second kappa shape index (κ2) is 5.74. The topological polar surface area (TPSA) is 43.8 Å². The van der Waals surface area contributed by atoms with Crippen LogP contribution in [0.2, 0.25) is 10.0 Å². The van der Waals surface area contributed by atoms with Crippen LogP contribution in [0.3, 0.4) is 0 Å². The lowest BCUT2D eigenvalue weighted by atomic mass is 10.1. The third-order valence-electron chi connectivity index (χ3n) is 2.87. The molecule has 3 nitrogen and oxygen atoms in total. The molecule has 1 atom stereocenters. The highest BCUT2D eigenvalue weighted by atomic mass is 35.5. The Morgan fingerprint density at radius 1 is 1.39 bits per heavy atom. The van der Waals surface area contributed by atoms with Gasteiger partial charge in [0.15, 0.2) is 0 Å². The molecule has 96 valence electrons. The first kappa shape index (κ1) is 13.4. The van der Waals surface area contributed by atoms with E-state index in [1.54, 1.807) is 12.3 Å². The molecule has 18 heavy (non-hydrogen) atoms. The van der Waals surface area contributed by atoms with Gasteiger partial charge in [0.25, 0.3) is 0 Å². The zero-order chi connectivity index (χ0) is 13.1. The predicted octanol–water partition coefficient (Wildman–Crippen LogP) is 3.45. The van der Waals surface area contributed by atoms with Crippen LogP contribution in [0.25, 0.3) is 0 Å². The summed E-state index contributed by atoms with van der Waals surface area (Å²) in [5, 5.41) is 1.28. The summed E-state index contributed by atoms with van der Waals surface area (Å²) < 4.78 is 2.04. The Labute approximate surface area is 117 Å². The summed E-state index contributed by atoms with van der Waals surface area (Å²) in [6.07, 6.45) is 4.34. The van der Waals surface area contributed by atoms with Crippen molar-refractivity contribution in [2.75, 3.05) is 0 Å². The molecule has 0 saturated carbocycles. The summed E-state index contributed by atoms with van der Waals surface area (Å²) in [6, 6.07) is 5.29. The number of nitrogens with two attached hydrogens (primary N) is 1. The van der Waals surface area contributed by atoms with E-state index in [9.17, 15) is 0 Å². The minimum Gasteiger partial charge on any atom is -0.334 e. The molecule has 0 radical (unpaired) electrons. The number of rotatable bonds is 4. The van der Waals surface area contributed by atoms with Crippen molar-refractivity contribution >= 4 is 23.2 Å². The quantitative estimate of drug-likeness (QED) is 0.934. The Balaban J connectivity index is 2.18. The fourth-order valence-electron chi connectivity index (χ4n) is 1.93. The lowest BCUT2D eigenvalue weighted by Crippen LogP contribution is -2.18. The van der Waals surface area contributed by atoms with Gasteiger partial charge in [-0.05, 0) is 31.0 Å². The molecule has 0 aliphatic heterocycles. The zero-order valence-electron chi connectivity index (χ0n) is 10.1. The Morgan fingerprint density at radius 3 is 2.83 bits per heavy atom. The average Bonchev–Trinajstić information content (AvgIpc) is 2.81. The molecule has 0 saturated heterocycles. The van der Waals surface area contributed by atoms with Gasteiger partial charge in [-0.15, -0.1) is 0 Å². The maximum Gasteiger partial charge on any atom is 0.125 e. The molecule has 2 N–H and O–H groups in total. The van der Waals surface area contributed by atoms with E-state index >= 15 is 0 Å². The fraction of sp³-hybridized carbons (Fsp3) is 0.308. The number of imidazole rings is 1. The number of halogens is 2. The van der Waals surface area contributed by atoms with Gasteiger partial charge >= 0.3 is 0 Å². The van der Waals surface area contributed by atoms with Crippen molar-refractivity contribution in [1.29, 1.82) is 0 Å². The molecule has 1 heterocycles. The molecule has 2 rings (SSSR count). The van der Waals surface area contributed by atoms with Crippen LogP contribution in [0.4, 0.5) is 0 Å². The van der Waals surface area contributed by atoms with Crippen LogP contribution < -0.4 is 5.73 Å². The Hall–Kier alpha value is -1.03.